The number of thiazole rings is 1. The molecule has 3 rings (SSSR count). The number of nitrogen functional groups attached to an aromatic ring is 1. The number of fused-ring (bicyclic) bond motifs is 1. The maximum atomic E-state index is 13.7. The second kappa shape index (κ2) is 5.71. The van der Waals surface area contributed by atoms with Crippen molar-refractivity contribution < 1.29 is 8.60 Å². The van der Waals surface area contributed by atoms with Crippen LogP contribution in [0.5, 0.6) is 0 Å². The van der Waals surface area contributed by atoms with E-state index in [9.17, 15) is 8.60 Å². The van der Waals surface area contributed by atoms with Crippen LogP contribution < -0.4 is 5.73 Å². The van der Waals surface area contributed by atoms with E-state index in [1.54, 1.807) is 30.3 Å². The van der Waals surface area contributed by atoms with Gasteiger partial charge in [-0.05, 0) is 30.3 Å². The van der Waals surface area contributed by atoms with Gasteiger partial charge in [0.05, 0.1) is 26.8 Å². The van der Waals surface area contributed by atoms with Crippen LogP contribution in [0, 0.1) is 5.82 Å². The number of aromatic nitrogens is 1. The molecule has 2 N–H and O–H groups in total. The van der Waals surface area contributed by atoms with Crippen molar-refractivity contribution in [3.05, 3.63) is 52.8 Å². The number of anilines is 1. The first kappa shape index (κ1) is 14.4. The Labute approximate surface area is 132 Å². The van der Waals surface area contributed by atoms with Crippen molar-refractivity contribution >= 4 is 49.6 Å². The monoisotopic (exact) mass is 340 g/mol. The lowest BCUT2D eigenvalue weighted by Crippen LogP contribution is -1.98. The van der Waals surface area contributed by atoms with Crippen molar-refractivity contribution in [2.24, 2.45) is 0 Å². The lowest BCUT2D eigenvalue weighted by molar-refractivity contribution is 0.615. The van der Waals surface area contributed by atoms with E-state index in [0.29, 0.717) is 20.6 Å². The Morgan fingerprint density at radius 2 is 2.10 bits per heavy atom. The summed E-state index contributed by atoms with van der Waals surface area (Å²) < 4.78 is 27.4. The molecule has 3 aromatic rings. The Hall–Kier alpha value is -1.50. The quantitative estimate of drug-likeness (QED) is 0.734. The zero-order chi connectivity index (χ0) is 15.0. The molecule has 3 nitrogen and oxygen atoms in total. The lowest BCUT2D eigenvalue weighted by Gasteiger charge is -2.01. The van der Waals surface area contributed by atoms with Crippen LogP contribution >= 0.6 is 22.9 Å². The second-order valence-electron chi connectivity index (χ2n) is 4.43. The molecule has 0 spiro atoms. The smallest absolute Gasteiger partial charge is 0.182 e. The summed E-state index contributed by atoms with van der Waals surface area (Å²) in [7, 11) is -1.41. The first-order valence-corrected chi connectivity index (χ1v) is 8.52. The predicted molar refractivity (Wildman–Crippen MR) is 85.6 cm³/mol. The Kier molecular flexibility index (Phi) is 3.93. The maximum absolute atomic E-state index is 13.7. The Balaban J connectivity index is 1.89. The predicted octanol–water partition coefficient (Wildman–Crippen LogP) is 3.98. The number of hydrogen-bond acceptors (Lipinski definition) is 4. The number of benzene rings is 2. The molecule has 0 saturated heterocycles. The number of rotatable bonds is 3. The molecule has 0 radical (unpaired) electrons. The normalized spacial score (nSPS) is 12.7. The van der Waals surface area contributed by atoms with Gasteiger partial charge in [0, 0.05) is 16.3 Å². The minimum atomic E-state index is -1.41. The third-order valence-corrected chi connectivity index (χ3v) is 5.80. The van der Waals surface area contributed by atoms with Crippen molar-refractivity contribution in [3.63, 3.8) is 0 Å². The summed E-state index contributed by atoms with van der Waals surface area (Å²) in [6, 6.07) is 9.65. The van der Waals surface area contributed by atoms with Crippen LogP contribution in [0.1, 0.15) is 5.56 Å². The molecule has 1 atom stereocenters. The Bertz CT molecular complexity index is 850. The lowest BCUT2D eigenvalue weighted by atomic mass is 10.2. The largest absolute Gasteiger partial charge is 0.399 e. The highest BCUT2D eigenvalue weighted by atomic mass is 35.5. The minimum Gasteiger partial charge on any atom is -0.399 e. The maximum Gasteiger partial charge on any atom is 0.182 e. The van der Waals surface area contributed by atoms with E-state index in [0.717, 1.165) is 10.2 Å². The van der Waals surface area contributed by atoms with Crippen LogP contribution in [0.25, 0.3) is 10.2 Å². The van der Waals surface area contributed by atoms with Crippen molar-refractivity contribution in [1.29, 1.82) is 0 Å². The molecule has 0 bridgehead atoms. The average molecular weight is 341 g/mol. The second-order valence-corrected chi connectivity index (χ2v) is 7.52. The molecule has 1 unspecified atom stereocenters. The summed E-state index contributed by atoms with van der Waals surface area (Å²) in [6.45, 7) is 0. The summed E-state index contributed by atoms with van der Waals surface area (Å²) in [5.41, 5.74) is 7.44. The SMILES string of the molecule is Nc1ccc2nc(S(=O)Cc3ccc(Cl)cc3F)sc2c1. The van der Waals surface area contributed by atoms with Gasteiger partial charge in [-0.2, -0.15) is 0 Å². The van der Waals surface area contributed by atoms with Gasteiger partial charge in [-0.25, -0.2) is 9.37 Å². The highest BCUT2D eigenvalue weighted by molar-refractivity contribution is 7.86. The highest BCUT2D eigenvalue weighted by Gasteiger charge is 2.14. The van der Waals surface area contributed by atoms with Crippen LogP contribution in [-0.2, 0) is 16.6 Å². The summed E-state index contributed by atoms with van der Waals surface area (Å²) in [5, 5.41) is 0.317. The van der Waals surface area contributed by atoms with Crippen molar-refractivity contribution in [3.8, 4) is 0 Å². The molecule has 0 aliphatic carbocycles. The average Bonchev–Trinajstić information content (AvgIpc) is 2.85. The summed E-state index contributed by atoms with van der Waals surface area (Å²) in [5.74, 6) is -0.389. The van der Waals surface area contributed by atoms with Gasteiger partial charge in [-0.1, -0.05) is 17.7 Å². The van der Waals surface area contributed by atoms with Crippen LogP contribution in [0.15, 0.2) is 40.7 Å². The minimum absolute atomic E-state index is 0.0678. The number of halogens is 2. The van der Waals surface area contributed by atoms with Gasteiger partial charge in [-0.3, -0.25) is 4.21 Å². The van der Waals surface area contributed by atoms with Gasteiger partial charge in [0.25, 0.3) is 0 Å². The van der Waals surface area contributed by atoms with Crippen LogP contribution in [0.3, 0.4) is 0 Å². The van der Waals surface area contributed by atoms with E-state index in [2.05, 4.69) is 4.98 Å². The summed E-state index contributed by atoms with van der Waals surface area (Å²) in [4.78, 5) is 4.31. The van der Waals surface area contributed by atoms with Gasteiger partial charge >= 0.3 is 0 Å². The fourth-order valence-corrected chi connectivity index (χ4v) is 4.42. The molecular formula is C14H10ClFN2OS2. The van der Waals surface area contributed by atoms with Crippen LogP contribution in [0.2, 0.25) is 5.02 Å². The number of nitrogens with zero attached hydrogens (tertiary/aromatic N) is 1. The van der Waals surface area contributed by atoms with Crippen LogP contribution in [0.4, 0.5) is 10.1 Å². The standard InChI is InChI=1S/C14H10ClFN2OS2/c15-9-2-1-8(11(16)5-9)7-21(19)14-18-12-4-3-10(17)6-13(12)20-14/h1-6H,7,17H2. The van der Waals surface area contributed by atoms with Gasteiger partial charge in [0.1, 0.15) is 5.82 Å². The molecular weight excluding hydrogens is 331 g/mol. The molecule has 21 heavy (non-hydrogen) atoms. The van der Waals surface area contributed by atoms with Gasteiger partial charge in [0.15, 0.2) is 4.34 Å². The summed E-state index contributed by atoms with van der Waals surface area (Å²) in [6.07, 6.45) is 0. The number of hydrogen-bond donors (Lipinski definition) is 1. The summed E-state index contributed by atoms with van der Waals surface area (Å²) >= 11 is 7.01. The van der Waals surface area contributed by atoms with Crippen molar-refractivity contribution in [2.75, 3.05) is 5.73 Å². The van der Waals surface area contributed by atoms with Gasteiger partial charge in [0.2, 0.25) is 0 Å². The van der Waals surface area contributed by atoms with Crippen LogP contribution in [-0.4, -0.2) is 9.19 Å². The van der Waals surface area contributed by atoms with E-state index in [4.69, 9.17) is 17.3 Å². The number of nitrogens with two attached hydrogens (primary N) is 1. The van der Waals surface area contributed by atoms with E-state index in [-0.39, 0.29) is 5.75 Å². The fourth-order valence-electron chi connectivity index (χ4n) is 1.86. The molecule has 0 fully saturated rings. The first-order valence-electron chi connectivity index (χ1n) is 6.01. The third kappa shape index (κ3) is 3.07. The molecule has 108 valence electrons. The first-order chi connectivity index (χ1) is 10.0. The molecule has 0 aliphatic heterocycles. The Morgan fingerprint density at radius 3 is 2.86 bits per heavy atom. The third-order valence-electron chi connectivity index (χ3n) is 2.89. The van der Waals surface area contributed by atoms with E-state index >= 15 is 0 Å². The van der Waals surface area contributed by atoms with E-state index in [1.807, 2.05) is 0 Å². The van der Waals surface area contributed by atoms with E-state index in [1.165, 1.54) is 17.4 Å². The molecule has 2 aromatic carbocycles. The molecule has 0 amide bonds. The molecule has 0 saturated carbocycles. The highest BCUT2D eigenvalue weighted by Crippen LogP contribution is 2.27. The molecule has 1 aromatic heterocycles. The zero-order valence-electron chi connectivity index (χ0n) is 10.7. The van der Waals surface area contributed by atoms with Crippen molar-refractivity contribution in [2.45, 2.75) is 10.1 Å². The fraction of sp³-hybridized carbons (Fsp3) is 0.0714. The van der Waals surface area contributed by atoms with Gasteiger partial charge in [-0.15, -0.1) is 11.3 Å². The van der Waals surface area contributed by atoms with Crippen molar-refractivity contribution in [1.82, 2.24) is 4.98 Å². The molecule has 1 heterocycles. The molecule has 0 aliphatic rings. The Morgan fingerprint density at radius 1 is 1.29 bits per heavy atom. The zero-order valence-corrected chi connectivity index (χ0v) is 13.1. The topological polar surface area (TPSA) is 56.0 Å². The molecule has 7 heteroatoms. The van der Waals surface area contributed by atoms with E-state index < -0.39 is 16.6 Å². The van der Waals surface area contributed by atoms with Gasteiger partial charge < -0.3 is 5.73 Å².